The van der Waals surface area contributed by atoms with Crippen LogP contribution < -0.4 is 5.73 Å². The van der Waals surface area contributed by atoms with Crippen molar-refractivity contribution in [2.75, 3.05) is 0 Å². The monoisotopic (exact) mass is 176 g/mol. The average molecular weight is 176 g/mol. The third kappa shape index (κ3) is 2.15. The second-order valence-corrected chi connectivity index (χ2v) is 2.68. The van der Waals surface area contributed by atoms with Crippen molar-refractivity contribution in [3.05, 3.63) is 41.8 Å². The zero-order valence-electron chi connectivity index (χ0n) is 7.28. The highest BCUT2D eigenvalue weighted by atomic mass is 16.2. The van der Waals surface area contributed by atoms with Gasteiger partial charge < -0.3 is 5.73 Å². The molecule has 1 aromatic rings. The summed E-state index contributed by atoms with van der Waals surface area (Å²) >= 11 is 0. The van der Waals surface area contributed by atoms with Gasteiger partial charge in [-0.2, -0.15) is 0 Å². The fraction of sp³-hybridized carbons (Fsp3) is 0.100. The summed E-state index contributed by atoms with van der Waals surface area (Å²) in [6.07, 6.45) is 0. The van der Waals surface area contributed by atoms with E-state index in [2.05, 4.69) is 0 Å². The first-order valence-electron chi connectivity index (χ1n) is 3.86. The number of ketones is 1. The van der Waals surface area contributed by atoms with Crippen LogP contribution in [0.25, 0.3) is 0 Å². The van der Waals surface area contributed by atoms with Gasteiger partial charge in [-0.3, -0.25) is 9.59 Å². The molecule has 0 aliphatic carbocycles. The first-order valence-corrected chi connectivity index (χ1v) is 3.86. The number of rotatable bonds is 3. The molecule has 0 bridgehead atoms. The van der Waals surface area contributed by atoms with Gasteiger partial charge in [-0.25, -0.2) is 0 Å². The molecule has 67 valence electrons. The van der Waals surface area contributed by atoms with Crippen LogP contribution in [0, 0.1) is 5.92 Å². The van der Waals surface area contributed by atoms with E-state index >= 15 is 0 Å². The molecule has 1 rings (SSSR count). The van der Waals surface area contributed by atoms with Crippen LogP contribution in [0.4, 0.5) is 0 Å². The molecule has 0 heterocycles. The number of primary amides is 1. The van der Waals surface area contributed by atoms with Gasteiger partial charge in [0.2, 0.25) is 5.91 Å². The molecule has 1 amide bonds. The first kappa shape index (κ1) is 9.45. The van der Waals surface area contributed by atoms with Crippen molar-refractivity contribution in [1.82, 2.24) is 0 Å². The fourth-order valence-electron chi connectivity index (χ4n) is 0.918. The Bertz CT molecular complexity index is 319. The second kappa shape index (κ2) is 3.85. The van der Waals surface area contributed by atoms with Gasteiger partial charge >= 0.3 is 0 Å². The van der Waals surface area contributed by atoms with E-state index in [-0.39, 0.29) is 11.7 Å². The maximum Gasteiger partial charge on any atom is 0.232 e. The van der Waals surface area contributed by atoms with Crippen molar-refractivity contribution >= 4 is 11.7 Å². The maximum atomic E-state index is 11.4. The lowest BCUT2D eigenvalue weighted by atomic mass is 9.99. The Morgan fingerprint density at radius 1 is 1.15 bits per heavy atom. The van der Waals surface area contributed by atoms with Gasteiger partial charge in [0, 0.05) is 5.56 Å². The third-order valence-electron chi connectivity index (χ3n) is 1.75. The molecule has 0 saturated carbocycles. The molecular formula is C10H10NO2. The minimum atomic E-state index is -0.672. The van der Waals surface area contributed by atoms with E-state index in [9.17, 15) is 9.59 Å². The Morgan fingerprint density at radius 3 is 2.15 bits per heavy atom. The van der Waals surface area contributed by atoms with Crippen LogP contribution in [0.15, 0.2) is 30.3 Å². The smallest absolute Gasteiger partial charge is 0.232 e. The number of benzene rings is 1. The molecule has 1 aromatic carbocycles. The standard InChI is InChI=1S/C10H10NO2/c1-7(10(11)13)9(12)8-5-3-2-4-6-8/h2-6H,1H3,(H2,11,13). The molecule has 3 heteroatoms. The molecule has 0 atom stereocenters. The Balaban J connectivity index is 2.86. The molecule has 0 fully saturated rings. The van der Waals surface area contributed by atoms with Gasteiger partial charge in [-0.15, -0.1) is 0 Å². The zero-order valence-corrected chi connectivity index (χ0v) is 7.28. The molecular weight excluding hydrogens is 166 g/mol. The Hall–Kier alpha value is -1.64. The van der Waals surface area contributed by atoms with Gasteiger partial charge in [0.15, 0.2) is 5.78 Å². The summed E-state index contributed by atoms with van der Waals surface area (Å²) in [6.45, 7) is 1.43. The second-order valence-electron chi connectivity index (χ2n) is 2.68. The topological polar surface area (TPSA) is 60.2 Å². The van der Waals surface area contributed by atoms with Crippen molar-refractivity contribution in [1.29, 1.82) is 0 Å². The van der Waals surface area contributed by atoms with Crippen molar-refractivity contribution < 1.29 is 9.59 Å². The normalized spacial score (nSPS) is 10.0. The van der Waals surface area contributed by atoms with Crippen LogP contribution in [-0.2, 0) is 4.79 Å². The number of amides is 1. The van der Waals surface area contributed by atoms with E-state index in [1.165, 1.54) is 6.92 Å². The summed E-state index contributed by atoms with van der Waals surface area (Å²) in [5.41, 5.74) is 5.46. The van der Waals surface area contributed by atoms with Gasteiger partial charge in [0.05, 0.1) is 0 Å². The number of hydrogen-bond acceptors (Lipinski definition) is 2. The number of nitrogens with two attached hydrogens (primary N) is 1. The summed E-state index contributed by atoms with van der Waals surface area (Å²) in [5, 5.41) is 0. The van der Waals surface area contributed by atoms with E-state index in [0.29, 0.717) is 5.56 Å². The van der Waals surface area contributed by atoms with Crippen LogP contribution in [0.2, 0.25) is 0 Å². The number of Topliss-reactive ketones (excluding diaryl/α,β-unsaturated/α-hetero) is 1. The molecule has 0 aromatic heterocycles. The number of carbonyl (C=O) groups excluding carboxylic acids is 2. The molecule has 1 radical (unpaired) electrons. The number of carbonyl (C=O) groups is 2. The lowest BCUT2D eigenvalue weighted by Gasteiger charge is -2.04. The molecule has 13 heavy (non-hydrogen) atoms. The molecule has 0 aliphatic heterocycles. The van der Waals surface area contributed by atoms with Gasteiger partial charge in [0.25, 0.3) is 0 Å². The van der Waals surface area contributed by atoms with E-state index in [4.69, 9.17) is 5.73 Å². The summed E-state index contributed by atoms with van der Waals surface area (Å²) in [6, 6.07) is 8.57. The molecule has 0 spiro atoms. The average Bonchev–Trinajstić information content (AvgIpc) is 2.17. The maximum absolute atomic E-state index is 11.4. The van der Waals surface area contributed by atoms with Crippen LogP contribution >= 0.6 is 0 Å². The van der Waals surface area contributed by atoms with E-state index in [0.717, 1.165) is 0 Å². The predicted molar refractivity (Wildman–Crippen MR) is 48.9 cm³/mol. The summed E-state index contributed by atoms with van der Waals surface area (Å²) in [4.78, 5) is 22.1. The van der Waals surface area contributed by atoms with Crippen LogP contribution in [-0.4, -0.2) is 11.7 Å². The van der Waals surface area contributed by atoms with E-state index in [1.54, 1.807) is 30.3 Å². The first-order chi connectivity index (χ1) is 6.13. The van der Waals surface area contributed by atoms with Crippen molar-refractivity contribution in [2.24, 2.45) is 5.73 Å². The zero-order chi connectivity index (χ0) is 9.84. The Kier molecular flexibility index (Phi) is 2.80. The van der Waals surface area contributed by atoms with Crippen molar-refractivity contribution in [3.63, 3.8) is 0 Å². The molecule has 0 saturated heterocycles. The molecule has 3 nitrogen and oxygen atoms in total. The Labute approximate surface area is 76.6 Å². The third-order valence-corrected chi connectivity index (χ3v) is 1.75. The van der Waals surface area contributed by atoms with E-state index < -0.39 is 5.91 Å². The van der Waals surface area contributed by atoms with Crippen molar-refractivity contribution in [3.8, 4) is 0 Å². The predicted octanol–water partition coefficient (Wildman–Crippen LogP) is 0.949. The largest absolute Gasteiger partial charge is 0.369 e. The van der Waals surface area contributed by atoms with Crippen molar-refractivity contribution in [2.45, 2.75) is 6.92 Å². The lowest BCUT2D eigenvalue weighted by molar-refractivity contribution is -0.115. The van der Waals surface area contributed by atoms with Gasteiger partial charge in [0.1, 0.15) is 5.92 Å². The highest BCUT2D eigenvalue weighted by Gasteiger charge is 2.20. The molecule has 0 aliphatic rings. The quantitative estimate of drug-likeness (QED) is 0.550. The minimum Gasteiger partial charge on any atom is -0.369 e. The number of hydrogen-bond donors (Lipinski definition) is 1. The van der Waals surface area contributed by atoms with Crippen LogP contribution in [0.3, 0.4) is 0 Å². The minimum absolute atomic E-state index is 0.0613. The van der Waals surface area contributed by atoms with Gasteiger partial charge in [-0.1, -0.05) is 30.3 Å². The fourth-order valence-corrected chi connectivity index (χ4v) is 0.918. The van der Waals surface area contributed by atoms with E-state index in [1.807, 2.05) is 0 Å². The SMILES string of the molecule is C[C](C(N)=O)C(=O)c1ccccc1. The summed E-state index contributed by atoms with van der Waals surface area (Å²) < 4.78 is 0. The van der Waals surface area contributed by atoms with Gasteiger partial charge in [-0.05, 0) is 6.92 Å². The molecule has 0 unspecified atom stereocenters. The Morgan fingerprint density at radius 2 is 1.69 bits per heavy atom. The van der Waals surface area contributed by atoms with Crippen LogP contribution in [0.1, 0.15) is 17.3 Å². The molecule has 2 N–H and O–H groups in total. The summed E-state index contributed by atoms with van der Waals surface area (Å²) in [5.74, 6) is -0.923. The highest BCUT2D eigenvalue weighted by molar-refractivity contribution is 6.21. The van der Waals surface area contributed by atoms with Crippen LogP contribution in [0.5, 0.6) is 0 Å². The summed E-state index contributed by atoms with van der Waals surface area (Å²) in [7, 11) is 0. The lowest BCUT2D eigenvalue weighted by Crippen LogP contribution is -2.25. The highest BCUT2D eigenvalue weighted by Crippen LogP contribution is 2.09.